The van der Waals surface area contributed by atoms with E-state index in [0.717, 1.165) is 11.3 Å². The Kier molecular flexibility index (Phi) is 4.97. The van der Waals surface area contributed by atoms with E-state index in [9.17, 15) is 4.39 Å². The van der Waals surface area contributed by atoms with Crippen LogP contribution in [-0.2, 0) is 13.6 Å². The highest BCUT2D eigenvalue weighted by atomic mass is 35.5. The standard InChI is InChI=1S/C12H14FN3O.ClH/c1-16-8-11(12(15-16)17-2)14-7-9-3-5-10(13)6-4-9;/h3-6,8,14H,7H2,1-2H3;1H. The van der Waals surface area contributed by atoms with Crippen LogP contribution in [0.3, 0.4) is 0 Å². The zero-order chi connectivity index (χ0) is 12.3. The molecular weight excluding hydrogens is 257 g/mol. The molecule has 18 heavy (non-hydrogen) atoms. The van der Waals surface area contributed by atoms with Crippen LogP contribution in [0.4, 0.5) is 10.1 Å². The molecule has 0 saturated heterocycles. The number of anilines is 1. The van der Waals surface area contributed by atoms with Crippen LogP contribution in [0, 0.1) is 5.82 Å². The molecule has 0 amide bonds. The number of aryl methyl sites for hydroxylation is 1. The van der Waals surface area contributed by atoms with E-state index < -0.39 is 0 Å². The van der Waals surface area contributed by atoms with Crippen molar-refractivity contribution < 1.29 is 9.13 Å². The summed E-state index contributed by atoms with van der Waals surface area (Å²) in [7, 11) is 3.40. The molecule has 1 aromatic heterocycles. The van der Waals surface area contributed by atoms with E-state index in [0.29, 0.717) is 12.4 Å². The van der Waals surface area contributed by atoms with Gasteiger partial charge >= 0.3 is 0 Å². The van der Waals surface area contributed by atoms with Gasteiger partial charge in [-0.1, -0.05) is 12.1 Å². The molecule has 2 rings (SSSR count). The molecule has 1 N–H and O–H groups in total. The summed E-state index contributed by atoms with van der Waals surface area (Å²) in [5.41, 5.74) is 1.82. The summed E-state index contributed by atoms with van der Waals surface area (Å²) in [5, 5.41) is 7.32. The third-order valence-electron chi connectivity index (χ3n) is 2.38. The third kappa shape index (κ3) is 3.37. The number of halogens is 2. The number of ether oxygens (including phenoxy) is 1. The summed E-state index contributed by atoms with van der Waals surface area (Å²) >= 11 is 0. The van der Waals surface area contributed by atoms with Crippen LogP contribution >= 0.6 is 12.4 Å². The van der Waals surface area contributed by atoms with Gasteiger partial charge in [-0.2, -0.15) is 0 Å². The molecule has 1 aromatic carbocycles. The quantitative estimate of drug-likeness (QED) is 0.929. The molecule has 0 radical (unpaired) electrons. The highest BCUT2D eigenvalue weighted by molar-refractivity contribution is 5.85. The summed E-state index contributed by atoms with van der Waals surface area (Å²) < 4.78 is 19.5. The number of nitrogens with one attached hydrogen (secondary N) is 1. The zero-order valence-corrected chi connectivity index (χ0v) is 11.0. The van der Waals surface area contributed by atoms with Gasteiger partial charge in [0.2, 0.25) is 0 Å². The largest absolute Gasteiger partial charge is 0.478 e. The predicted molar refractivity (Wildman–Crippen MR) is 70.7 cm³/mol. The molecule has 0 aliphatic carbocycles. The number of aromatic nitrogens is 2. The lowest BCUT2D eigenvalue weighted by Crippen LogP contribution is -2.00. The first kappa shape index (κ1) is 14.3. The molecule has 0 aliphatic rings. The molecule has 1 heterocycles. The van der Waals surface area contributed by atoms with Crippen LogP contribution < -0.4 is 10.1 Å². The molecule has 4 nitrogen and oxygen atoms in total. The fourth-order valence-corrected chi connectivity index (χ4v) is 1.54. The van der Waals surface area contributed by atoms with Crippen molar-refractivity contribution in [3.8, 4) is 5.88 Å². The summed E-state index contributed by atoms with van der Waals surface area (Å²) in [4.78, 5) is 0. The van der Waals surface area contributed by atoms with Crippen LogP contribution in [0.2, 0.25) is 0 Å². The fraction of sp³-hybridized carbons (Fsp3) is 0.250. The average Bonchev–Trinajstić information content (AvgIpc) is 2.69. The van der Waals surface area contributed by atoms with Crippen LogP contribution in [0.1, 0.15) is 5.56 Å². The SMILES string of the molecule is COc1nn(C)cc1NCc1ccc(F)cc1.Cl. The number of benzene rings is 1. The Labute approximate surface area is 111 Å². The highest BCUT2D eigenvalue weighted by Crippen LogP contribution is 2.21. The number of hydrogen-bond acceptors (Lipinski definition) is 3. The van der Waals surface area contributed by atoms with Gasteiger partial charge in [-0.3, -0.25) is 4.68 Å². The van der Waals surface area contributed by atoms with Gasteiger partial charge in [0.15, 0.2) is 0 Å². The Balaban J connectivity index is 0.00000162. The minimum absolute atomic E-state index is 0. The number of rotatable bonds is 4. The predicted octanol–water partition coefficient (Wildman–Crippen LogP) is 2.60. The van der Waals surface area contributed by atoms with E-state index in [1.807, 2.05) is 13.2 Å². The lowest BCUT2D eigenvalue weighted by molar-refractivity contribution is 0.393. The Morgan fingerprint density at radius 2 is 2.00 bits per heavy atom. The maximum Gasteiger partial charge on any atom is 0.256 e. The summed E-state index contributed by atoms with van der Waals surface area (Å²) in [6.07, 6.45) is 1.84. The number of methoxy groups -OCH3 is 1. The minimum Gasteiger partial charge on any atom is -0.478 e. The molecule has 0 bridgehead atoms. The second kappa shape index (κ2) is 6.26. The highest BCUT2D eigenvalue weighted by Gasteiger charge is 2.06. The van der Waals surface area contributed by atoms with Gasteiger partial charge in [-0.25, -0.2) is 4.39 Å². The van der Waals surface area contributed by atoms with Gasteiger partial charge in [-0.15, -0.1) is 17.5 Å². The smallest absolute Gasteiger partial charge is 0.256 e. The Hall–Kier alpha value is -1.75. The van der Waals surface area contributed by atoms with Crippen molar-refractivity contribution in [3.63, 3.8) is 0 Å². The minimum atomic E-state index is -0.229. The van der Waals surface area contributed by atoms with Gasteiger partial charge in [-0.05, 0) is 17.7 Å². The molecule has 0 atom stereocenters. The zero-order valence-electron chi connectivity index (χ0n) is 10.2. The first-order valence-corrected chi connectivity index (χ1v) is 5.25. The Morgan fingerprint density at radius 3 is 2.61 bits per heavy atom. The van der Waals surface area contributed by atoms with Gasteiger partial charge in [0, 0.05) is 13.6 Å². The van der Waals surface area contributed by atoms with Gasteiger partial charge in [0.1, 0.15) is 11.5 Å². The summed E-state index contributed by atoms with van der Waals surface area (Å²) in [5.74, 6) is 0.322. The van der Waals surface area contributed by atoms with Crippen molar-refractivity contribution in [3.05, 3.63) is 41.8 Å². The third-order valence-corrected chi connectivity index (χ3v) is 2.38. The Morgan fingerprint density at radius 1 is 1.33 bits per heavy atom. The van der Waals surface area contributed by atoms with Crippen LogP contribution in [0.5, 0.6) is 5.88 Å². The van der Waals surface area contributed by atoms with Crippen LogP contribution in [-0.4, -0.2) is 16.9 Å². The van der Waals surface area contributed by atoms with E-state index in [-0.39, 0.29) is 18.2 Å². The van der Waals surface area contributed by atoms with E-state index in [1.54, 1.807) is 23.9 Å². The maximum absolute atomic E-state index is 12.7. The molecule has 2 aromatic rings. The molecule has 0 spiro atoms. The molecule has 6 heteroatoms. The van der Waals surface area contributed by atoms with Crippen molar-refractivity contribution in [2.45, 2.75) is 6.54 Å². The molecular formula is C12H15ClFN3O. The second-order valence-electron chi connectivity index (χ2n) is 3.71. The van der Waals surface area contributed by atoms with E-state index in [1.165, 1.54) is 12.1 Å². The maximum atomic E-state index is 12.7. The van der Waals surface area contributed by atoms with Crippen LogP contribution in [0.25, 0.3) is 0 Å². The van der Waals surface area contributed by atoms with Crippen LogP contribution in [0.15, 0.2) is 30.5 Å². The molecule has 98 valence electrons. The topological polar surface area (TPSA) is 39.1 Å². The van der Waals surface area contributed by atoms with Crippen molar-refractivity contribution >= 4 is 18.1 Å². The van der Waals surface area contributed by atoms with E-state index in [2.05, 4.69) is 10.4 Å². The fourth-order valence-electron chi connectivity index (χ4n) is 1.54. The van der Waals surface area contributed by atoms with Crippen molar-refractivity contribution in [2.24, 2.45) is 7.05 Å². The number of nitrogens with zero attached hydrogens (tertiary/aromatic N) is 2. The van der Waals surface area contributed by atoms with Crippen molar-refractivity contribution in [2.75, 3.05) is 12.4 Å². The monoisotopic (exact) mass is 271 g/mol. The summed E-state index contributed by atoms with van der Waals surface area (Å²) in [6, 6.07) is 6.37. The normalized spacial score (nSPS) is 9.72. The van der Waals surface area contributed by atoms with Crippen molar-refractivity contribution in [1.29, 1.82) is 0 Å². The average molecular weight is 272 g/mol. The molecule has 0 saturated carbocycles. The first-order chi connectivity index (χ1) is 8.19. The van der Waals surface area contributed by atoms with Gasteiger partial charge in [0.05, 0.1) is 13.3 Å². The molecule has 0 fully saturated rings. The van der Waals surface area contributed by atoms with Gasteiger partial charge in [0.25, 0.3) is 5.88 Å². The second-order valence-corrected chi connectivity index (χ2v) is 3.71. The molecule has 0 aliphatic heterocycles. The molecule has 0 unspecified atom stereocenters. The van der Waals surface area contributed by atoms with Crippen molar-refractivity contribution in [1.82, 2.24) is 9.78 Å². The van der Waals surface area contributed by atoms with Gasteiger partial charge < -0.3 is 10.1 Å². The summed E-state index contributed by atoms with van der Waals surface area (Å²) in [6.45, 7) is 0.600. The van der Waals surface area contributed by atoms with E-state index >= 15 is 0 Å². The number of hydrogen-bond donors (Lipinski definition) is 1. The Bertz CT molecular complexity index is 499. The lowest BCUT2D eigenvalue weighted by Gasteiger charge is -2.05. The van der Waals surface area contributed by atoms with E-state index in [4.69, 9.17) is 4.74 Å². The first-order valence-electron chi connectivity index (χ1n) is 5.25. The lowest BCUT2D eigenvalue weighted by atomic mass is 10.2.